The number of rotatable bonds is 20. The maximum absolute atomic E-state index is 12.4. The quantitative estimate of drug-likeness (QED) is 0.268. The Hall–Kier alpha value is -0.650. The molecule has 0 fully saturated rings. The zero-order valence-corrected chi connectivity index (χ0v) is 18.2. The second kappa shape index (κ2) is 17.4. The number of hydrogen-bond acceptors (Lipinski definition) is 4. The van der Waals surface area contributed by atoms with Gasteiger partial charge in [0.1, 0.15) is 5.54 Å². The fourth-order valence-corrected chi connectivity index (χ4v) is 4.04. The highest BCUT2D eigenvalue weighted by Crippen LogP contribution is 2.30. The molecule has 0 aromatic rings. The van der Waals surface area contributed by atoms with E-state index in [1.54, 1.807) is 0 Å². The second-order valence-corrected chi connectivity index (χ2v) is 7.94. The summed E-state index contributed by atoms with van der Waals surface area (Å²) in [5.74, 6) is -0.688. The minimum Gasteiger partial charge on any atom is -0.480 e. The number of nitrogens with two attached hydrogens (primary N) is 2. The molecule has 0 aromatic carbocycles. The number of carboxylic acid groups (broad SMARTS) is 1. The van der Waals surface area contributed by atoms with Gasteiger partial charge in [0.15, 0.2) is 0 Å². The Kier molecular flexibility index (Phi) is 17.0. The molecule has 0 aromatic heterocycles. The monoisotopic (exact) mass is 385 g/mol. The molecule has 0 bridgehead atoms. The number of hydrogen-bond donors (Lipinski definition) is 3. The molecule has 0 aliphatic carbocycles. The maximum atomic E-state index is 12.4. The topological polar surface area (TPSA) is 92.6 Å². The summed E-state index contributed by atoms with van der Waals surface area (Å²) in [7, 11) is 0. The number of aliphatic carboxylic acids is 1. The first-order valence-corrected chi connectivity index (χ1v) is 11.5. The fraction of sp³-hybridized carbons (Fsp3) is 0.955. The first kappa shape index (κ1) is 26.4. The van der Waals surface area contributed by atoms with Crippen LogP contribution >= 0.6 is 0 Å². The van der Waals surface area contributed by atoms with E-state index in [9.17, 15) is 9.90 Å². The van der Waals surface area contributed by atoms with Crippen molar-refractivity contribution in [3.63, 3.8) is 0 Å². The first-order chi connectivity index (χ1) is 13.1. The number of nitrogens with zero attached hydrogens (tertiary/aromatic N) is 1. The predicted molar refractivity (Wildman–Crippen MR) is 116 cm³/mol. The van der Waals surface area contributed by atoms with Crippen molar-refractivity contribution in [2.24, 2.45) is 11.5 Å². The Morgan fingerprint density at radius 2 is 1.11 bits per heavy atom. The summed E-state index contributed by atoms with van der Waals surface area (Å²) in [6.45, 7) is 6.59. The highest BCUT2D eigenvalue weighted by Gasteiger charge is 2.42. The van der Waals surface area contributed by atoms with Crippen molar-refractivity contribution in [3.8, 4) is 0 Å². The zero-order chi connectivity index (χ0) is 20.4. The fourth-order valence-electron chi connectivity index (χ4n) is 4.04. The molecule has 0 aliphatic heterocycles. The molecule has 0 heterocycles. The molecule has 5 nitrogen and oxygen atoms in total. The zero-order valence-electron chi connectivity index (χ0n) is 18.2. The third kappa shape index (κ3) is 11.1. The van der Waals surface area contributed by atoms with Crippen LogP contribution in [0.3, 0.4) is 0 Å². The molecule has 5 N–H and O–H groups in total. The van der Waals surface area contributed by atoms with Gasteiger partial charge in [-0.25, -0.2) is 0 Å². The van der Waals surface area contributed by atoms with E-state index in [0.717, 1.165) is 25.7 Å². The summed E-state index contributed by atoms with van der Waals surface area (Å²) >= 11 is 0. The summed E-state index contributed by atoms with van der Waals surface area (Å²) in [4.78, 5) is 14.5. The van der Waals surface area contributed by atoms with Gasteiger partial charge in [-0.3, -0.25) is 9.69 Å². The molecule has 0 amide bonds. The highest BCUT2D eigenvalue weighted by molar-refractivity contribution is 5.78. The molecule has 27 heavy (non-hydrogen) atoms. The second-order valence-electron chi connectivity index (χ2n) is 7.94. The van der Waals surface area contributed by atoms with Gasteiger partial charge in [0.25, 0.3) is 0 Å². The lowest BCUT2D eigenvalue weighted by molar-refractivity contribution is -0.153. The average molecular weight is 386 g/mol. The Morgan fingerprint density at radius 1 is 0.741 bits per heavy atom. The van der Waals surface area contributed by atoms with E-state index in [2.05, 4.69) is 18.7 Å². The molecular formula is C22H47N3O2. The molecule has 0 unspecified atom stereocenters. The van der Waals surface area contributed by atoms with E-state index in [-0.39, 0.29) is 0 Å². The van der Waals surface area contributed by atoms with Crippen LogP contribution in [-0.2, 0) is 4.79 Å². The number of unbranched alkanes of at least 4 members (excludes halogenated alkanes) is 10. The minimum absolute atomic E-state index is 0.474. The predicted octanol–water partition coefficient (Wildman–Crippen LogP) is 4.53. The molecule has 0 atom stereocenters. The summed E-state index contributed by atoms with van der Waals surface area (Å²) in [5.41, 5.74) is 10.8. The minimum atomic E-state index is -0.797. The van der Waals surface area contributed by atoms with E-state index in [1.807, 2.05) is 0 Å². The van der Waals surface area contributed by atoms with Crippen molar-refractivity contribution in [3.05, 3.63) is 0 Å². The van der Waals surface area contributed by atoms with Gasteiger partial charge in [-0.15, -0.1) is 0 Å². The molecule has 0 rings (SSSR count). The molecular weight excluding hydrogens is 338 g/mol. The van der Waals surface area contributed by atoms with Crippen LogP contribution in [0.4, 0.5) is 0 Å². The summed E-state index contributed by atoms with van der Waals surface area (Å²) in [5, 5.41) is 10.2. The molecule has 0 aliphatic rings. The summed E-state index contributed by atoms with van der Waals surface area (Å²) < 4.78 is 0. The van der Waals surface area contributed by atoms with Crippen molar-refractivity contribution in [1.82, 2.24) is 4.90 Å². The van der Waals surface area contributed by atoms with Gasteiger partial charge in [-0.2, -0.15) is 0 Å². The summed E-state index contributed by atoms with van der Waals surface area (Å²) in [6.07, 6.45) is 15.5. The number of carboxylic acids is 1. The normalized spacial score (nSPS) is 12.0. The van der Waals surface area contributed by atoms with Crippen molar-refractivity contribution in [2.45, 2.75) is 109 Å². The molecule has 162 valence electrons. The lowest BCUT2D eigenvalue weighted by Crippen LogP contribution is -2.57. The first-order valence-electron chi connectivity index (χ1n) is 11.5. The van der Waals surface area contributed by atoms with E-state index in [4.69, 9.17) is 11.5 Å². The van der Waals surface area contributed by atoms with Crippen molar-refractivity contribution >= 4 is 5.97 Å². The molecule has 5 heteroatoms. The van der Waals surface area contributed by atoms with Crippen LogP contribution in [0, 0.1) is 0 Å². The maximum Gasteiger partial charge on any atom is 0.324 e. The van der Waals surface area contributed by atoms with Gasteiger partial charge in [0, 0.05) is 26.2 Å². The highest BCUT2D eigenvalue weighted by atomic mass is 16.4. The third-order valence-electron chi connectivity index (χ3n) is 5.69. The summed E-state index contributed by atoms with van der Waals surface area (Å²) in [6, 6.07) is 0. The standard InChI is InChI=1S/C22H47N3O2/c1-3-5-7-9-11-13-15-22(21(26)27,25(19-17-23)20-18-24)16-14-12-10-8-6-4-2/h3-20,23-24H2,1-2H3,(H,26,27). The van der Waals surface area contributed by atoms with Gasteiger partial charge in [-0.05, 0) is 12.8 Å². The van der Waals surface area contributed by atoms with Gasteiger partial charge in [0.05, 0.1) is 0 Å². The van der Waals surface area contributed by atoms with Crippen molar-refractivity contribution in [2.75, 3.05) is 26.2 Å². The number of carbonyl (C=O) groups is 1. The smallest absolute Gasteiger partial charge is 0.324 e. The van der Waals surface area contributed by atoms with Crippen LogP contribution in [0.5, 0.6) is 0 Å². The lowest BCUT2D eigenvalue weighted by atomic mass is 9.84. The SMILES string of the molecule is CCCCCCCCC(CCCCCCCC)(C(=O)O)N(CCN)CCN. The van der Waals surface area contributed by atoms with Crippen LogP contribution < -0.4 is 11.5 Å². The molecule has 0 spiro atoms. The largest absolute Gasteiger partial charge is 0.480 e. The van der Waals surface area contributed by atoms with Gasteiger partial charge < -0.3 is 16.6 Å². The van der Waals surface area contributed by atoms with Crippen molar-refractivity contribution in [1.29, 1.82) is 0 Å². The average Bonchev–Trinajstić information content (AvgIpc) is 2.65. The molecule has 0 saturated heterocycles. The lowest BCUT2D eigenvalue weighted by Gasteiger charge is -2.41. The third-order valence-corrected chi connectivity index (χ3v) is 5.69. The van der Waals surface area contributed by atoms with E-state index >= 15 is 0 Å². The van der Waals surface area contributed by atoms with Gasteiger partial charge >= 0.3 is 5.97 Å². The van der Waals surface area contributed by atoms with Crippen molar-refractivity contribution < 1.29 is 9.90 Å². The van der Waals surface area contributed by atoms with Crippen LogP contribution in [0.1, 0.15) is 104 Å². The molecule has 0 saturated carbocycles. The Bertz CT molecular complexity index is 328. The molecule has 0 radical (unpaired) electrons. The van der Waals surface area contributed by atoms with Gasteiger partial charge in [0.2, 0.25) is 0 Å². The Labute approximate surface area is 168 Å². The Morgan fingerprint density at radius 3 is 1.44 bits per heavy atom. The van der Waals surface area contributed by atoms with E-state index in [1.165, 1.54) is 51.4 Å². The van der Waals surface area contributed by atoms with Crippen LogP contribution in [0.15, 0.2) is 0 Å². The van der Waals surface area contributed by atoms with Crippen LogP contribution in [-0.4, -0.2) is 47.7 Å². The van der Waals surface area contributed by atoms with Crippen LogP contribution in [0.25, 0.3) is 0 Å². The van der Waals surface area contributed by atoms with E-state index in [0.29, 0.717) is 39.0 Å². The van der Waals surface area contributed by atoms with E-state index < -0.39 is 11.5 Å². The Balaban J connectivity index is 4.89. The van der Waals surface area contributed by atoms with Crippen LogP contribution in [0.2, 0.25) is 0 Å². The van der Waals surface area contributed by atoms with Gasteiger partial charge in [-0.1, -0.05) is 90.9 Å².